The molecule has 13 heteroatoms. The Bertz CT molecular complexity index is 1490. The first-order valence-corrected chi connectivity index (χ1v) is 13.6. The minimum Gasteiger partial charge on any atom is -0.433 e. The Balaban J connectivity index is 1.43. The molecule has 1 unspecified atom stereocenters. The molecule has 4 heterocycles. The number of hydrogen-bond donors (Lipinski definition) is 1. The Morgan fingerprint density at radius 3 is 2.51 bits per heavy atom. The summed E-state index contributed by atoms with van der Waals surface area (Å²) in [4.78, 5) is 39.4. The van der Waals surface area contributed by atoms with E-state index in [-0.39, 0.29) is 52.7 Å². The van der Waals surface area contributed by atoms with Gasteiger partial charge in [-0.3, -0.25) is 14.3 Å². The molecule has 3 atom stereocenters. The number of rotatable bonds is 6. The molecule has 0 fully saturated rings. The first kappa shape index (κ1) is 28.9. The van der Waals surface area contributed by atoms with Crippen molar-refractivity contribution in [3.63, 3.8) is 0 Å². The van der Waals surface area contributed by atoms with Crippen LogP contribution in [0.1, 0.15) is 90.2 Å². The number of ether oxygens (including phenoxy) is 1. The summed E-state index contributed by atoms with van der Waals surface area (Å²) in [7, 11) is 0. The number of aromatic nitrogens is 4. The van der Waals surface area contributed by atoms with Gasteiger partial charge in [0.15, 0.2) is 5.82 Å². The number of amides is 2. The van der Waals surface area contributed by atoms with Crippen LogP contribution in [0.15, 0.2) is 30.6 Å². The van der Waals surface area contributed by atoms with Gasteiger partial charge < -0.3 is 19.6 Å². The second-order valence-corrected chi connectivity index (χ2v) is 11.5. The summed E-state index contributed by atoms with van der Waals surface area (Å²) in [6.45, 7) is 6.40. The third-order valence-corrected chi connectivity index (χ3v) is 7.92. The minimum atomic E-state index is -3.09. The van der Waals surface area contributed by atoms with E-state index in [1.807, 2.05) is 20.8 Å². The number of hydrogen-bond acceptors (Lipinski definition) is 7. The first-order valence-electron chi connectivity index (χ1n) is 13.3. The summed E-state index contributed by atoms with van der Waals surface area (Å²) in [5.41, 5.74) is 1.51. The molecule has 2 aliphatic rings. The predicted molar refractivity (Wildman–Crippen MR) is 145 cm³/mol. The van der Waals surface area contributed by atoms with Crippen LogP contribution in [0.3, 0.4) is 0 Å². The van der Waals surface area contributed by atoms with E-state index in [1.54, 1.807) is 40.7 Å². The Morgan fingerprint density at radius 1 is 1.20 bits per heavy atom. The standard InChI is InChI=1S/C28H31ClF2N6O4/c1-14-8-21-19(13-35(14)24(38)17-6-7-20(29)22(9-17)41-27(30)31)23-25(39)36(12-15(2)37(23)34-21)16(3)18-10-32-26(33-11-18)28(4,5)40/h6-7,9-11,14-16,27,40H,8,12-13H2,1-5H3/t14-,15-,16?/m1/s1. The second kappa shape index (κ2) is 10.6. The lowest BCUT2D eigenvalue weighted by Gasteiger charge is -2.37. The van der Waals surface area contributed by atoms with Crippen molar-refractivity contribution >= 4 is 23.4 Å². The summed E-state index contributed by atoms with van der Waals surface area (Å²) in [5.74, 6) is -0.623. The lowest BCUT2D eigenvalue weighted by Crippen LogP contribution is -2.45. The molecule has 0 saturated heterocycles. The fourth-order valence-corrected chi connectivity index (χ4v) is 5.49. The van der Waals surface area contributed by atoms with Crippen molar-refractivity contribution in [2.75, 3.05) is 6.54 Å². The average Bonchev–Trinajstić information content (AvgIpc) is 3.29. The van der Waals surface area contributed by atoms with Crippen LogP contribution in [0.25, 0.3) is 0 Å². The zero-order valence-electron chi connectivity index (χ0n) is 23.3. The topological polar surface area (TPSA) is 114 Å². The van der Waals surface area contributed by atoms with Crippen LogP contribution in [0, 0.1) is 0 Å². The molecular formula is C28H31ClF2N6O4. The maximum atomic E-state index is 13.9. The quantitative estimate of drug-likeness (QED) is 0.450. The molecule has 0 aliphatic carbocycles. The van der Waals surface area contributed by atoms with Crippen LogP contribution in [0.4, 0.5) is 8.78 Å². The first-order chi connectivity index (χ1) is 19.3. The largest absolute Gasteiger partial charge is 0.433 e. The van der Waals surface area contributed by atoms with E-state index in [9.17, 15) is 23.5 Å². The van der Waals surface area contributed by atoms with Crippen molar-refractivity contribution in [1.29, 1.82) is 0 Å². The van der Waals surface area contributed by atoms with E-state index in [0.717, 1.165) is 11.3 Å². The molecule has 0 bridgehead atoms. The molecule has 3 aromatic rings. The summed E-state index contributed by atoms with van der Waals surface area (Å²) in [5, 5.41) is 14.9. The Kier molecular flexibility index (Phi) is 7.49. The highest BCUT2D eigenvalue weighted by atomic mass is 35.5. The number of nitrogens with zero attached hydrogens (tertiary/aromatic N) is 6. The van der Waals surface area contributed by atoms with Crippen molar-refractivity contribution in [3.8, 4) is 5.75 Å². The number of carbonyl (C=O) groups excluding carboxylic acids is 2. The van der Waals surface area contributed by atoms with Crippen LogP contribution < -0.4 is 4.74 Å². The monoisotopic (exact) mass is 588 g/mol. The highest BCUT2D eigenvalue weighted by Crippen LogP contribution is 2.36. The van der Waals surface area contributed by atoms with Gasteiger partial charge >= 0.3 is 6.61 Å². The van der Waals surface area contributed by atoms with Gasteiger partial charge in [0.05, 0.1) is 29.3 Å². The molecule has 2 aromatic heterocycles. The van der Waals surface area contributed by atoms with Crippen LogP contribution >= 0.6 is 11.6 Å². The summed E-state index contributed by atoms with van der Waals surface area (Å²) < 4.78 is 31.9. The zero-order chi connectivity index (χ0) is 29.8. The molecule has 0 saturated carbocycles. The molecule has 1 aromatic carbocycles. The zero-order valence-corrected chi connectivity index (χ0v) is 24.1. The van der Waals surface area contributed by atoms with Crippen LogP contribution in [0.5, 0.6) is 5.75 Å². The third-order valence-electron chi connectivity index (χ3n) is 7.61. The van der Waals surface area contributed by atoms with Crippen molar-refractivity contribution in [3.05, 3.63) is 69.5 Å². The van der Waals surface area contributed by atoms with Gasteiger partial charge in [-0.15, -0.1) is 0 Å². The molecule has 2 aliphatic heterocycles. The minimum absolute atomic E-state index is 0.0320. The lowest BCUT2D eigenvalue weighted by molar-refractivity contribution is -0.0498. The van der Waals surface area contributed by atoms with E-state index < -0.39 is 18.1 Å². The number of aliphatic hydroxyl groups is 1. The van der Waals surface area contributed by atoms with Crippen LogP contribution in [-0.4, -0.2) is 65.7 Å². The van der Waals surface area contributed by atoms with Gasteiger partial charge in [0.2, 0.25) is 0 Å². The molecule has 1 N–H and O–H groups in total. The maximum Gasteiger partial charge on any atom is 0.387 e. The molecule has 0 radical (unpaired) electrons. The summed E-state index contributed by atoms with van der Waals surface area (Å²) in [6, 6.07) is 3.26. The fraction of sp³-hybridized carbons (Fsp3) is 0.464. The number of halogens is 3. The number of carbonyl (C=O) groups is 2. The molecule has 218 valence electrons. The fourth-order valence-electron chi connectivity index (χ4n) is 5.33. The normalized spacial score (nSPS) is 19.7. The van der Waals surface area contributed by atoms with Gasteiger partial charge in [-0.05, 0) is 52.8 Å². The van der Waals surface area contributed by atoms with Gasteiger partial charge in [0.1, 0.15) is 17.0 Å². The Hall–Kier alpha value is -3.64. The van der Waals surface area contributed by atoms with Crippen LogP contribution in [-0.2, 0) is 18.6 Å². The molecule has 2 amide bonds. The average molecular weight is 589 g/mol. The SMILES string of the molecule is CC(c1cnc(C(C)(C)O)nc1)N1C[C@@H](C)n2nc3c(c2C1=O)CN(C(=O)c1ccc(Cl)c(OC(F)F)c1)[C@H](C)C3. The molecule has 10 nitrogen and oxygen atoms in total. The van der Waals surface area contributed by atoms with E-state index in [4.69, 9.17) is 16.7 Å². The van der Waals surface area contributed by atoms with Gasteiger partial charge in [-0.2, -0.15) is 13.9 Å². The smallest absolute Gasteiger partial charge is 0.387 e. The third kappa shape index (κ3) is 5.38. The molecule has 0 spiro atoms. The number of benzene rings is 1. The highest BCUT2D eigenvalue weighted by Gasteiger charge is 2.41. The molecular weight excluding hydrogens is 558 g/mol. The Labute approximate surface area is 240 Å². The van der Waals surface area contributed by atoms with Crippen molar-refractivity contribution in [2.24, 2.45) is 0 Å². The second-order valence-electron chi connectivity index (χ2n) is 11.1. The van der Waals surface area contributed by atoms with Gasteiger partial charge in [0.25, 0.3) is 11.8 Å². The van der Waals surface area contributed by atoms with E-state index in [2.05, 4.69) is 14.7 Å². The lowest BCUT2D eigenvalue weighted by atomic mass is 9.96. The van der Waals surface area contributed by atoms with Crippen LogP contribution in [0.2, 0.25) is 5.02 Å². The molecule has 41 heavy (non-hydrogen) atoms. The van der Waals surface area contributed by atoms with E-state index in [0.29, 0.717) is 24.2 Å². The van der Waals surface area contributed by atoms with Crippen molar-refractivity contribution < 1.29 is 28.2 Å². The Morgan fingerprint density at radius 2 is 1.88 bits per heavy atom. The van der Waals surface area contributed by atoms with E-state index in [1.165, 1.54) is 18.2 Å². The molecule has 5 rings (SSSR count). The number of alkyl halides is 2. The highest BCUT2D eigenvalue weighted by molar-refractivity contribution is 6.32. The summed E-state index contributed by atoms with van der Waals surface area (Å²) >= 11 is 5.98. The van der Waals surface area contributed by atoms with Gasteiger partial charge in [-0.1, -0.05) is 11.6 Å². The maximum absolute atomic E-state index is 13.9. The van der Waals surface area contributed by atoms with Gasteiger partial charge in [0, 0.05) is 48.1 Å². The van der Waals surface area contributed by atoms with Crippen molar-refractivity contribution in [2.45, 2.75) is 77.9 Å². The van der Waals surface area contributed by atoms with Crippen molar-refractivity contribution in [1.82, 2.24) is 29.5 Å². The predicted octanol–water partition coefficient (Wildman–Crippen LogP) is 4.52. The van der Waals surface area contributed by atoms with E-state index >= 15 is 0 Å². The number of fused-ring (bicyclic) bond motifs is 3. The summed E-state index contributed by atoms with van der Waals surface area (Å²) in [6.07, 6.45) is 3.66. The van der Waals surface area contributed by atoms with Gasteiger partial charge in [-0.25, -0.2) is 9.97 Å².